The average Bonchev–Trinajstić information content (AvgIpc) is 3.25. The van der Waals surface area contributed by atoms with Gasteiger partial charge in [0.15, 0.2) is 5.82 Å². The Kier molecular flexibility index (Phi) is 5.32. The molecule has 5 nitrogen and oxygen atoms in total. The molecule has 0 spiro atoms. The Bertz CT molecular complexity index is 796. The van der Waals surface area contributed by atoms with Gasteiger partial charge < -0.3 is 4.90 Å². The maximum Gasteiger partial charge on any atom is 0.233 e. The van der Waals surface area contributed by atoms with E-state index in [1.54, 1.807) is 16.2 Å². The van der Waals surface area contributed by atoms with Crippen LogP contribution < -0.4 is 0 Å². The van der Waals surface area contributed by atoms with Crippen LogP contribution in [0.25, 0.3) is 11.4 Å². The van der Waals surface area contributed by atoms with E-state index in [2.05, 4.69) is 15.2 Å². The first-order valence-corrected chi connectivity index (χ1v) is 9.37. The van der Waals surface area contributed by atoms with Gasteiger partial charge in [0, 0.05) is 17.5 Å². The molecule has 0 radical (unpaired) electrons. The average molecular weight is 358 g/mol. The Morgan fingerprint density at radius 2 is 2.08 bits per heavy atom. The van der Waals surface area contributed by atoms with Crippen LogP contribution in [-0.2, 0) is 11.3 Å². The summed E-state index contributed by atoms with van der Waals surface area (Å²) in [5.74, 6) is 1.11. The Hall–Kier alpha value is -2.12. The van der Waals surface area contributed by atoms with Crippen LogP contribution in [0.1, 0.15) is 10.4 Å². The molecule has 0 bridgehead atoms. The molecular formula is C17H18N4OS2. The van der Waals surface area contributed by atoms with E-state index in [1.807, 2.05) is 55.7 Å². The molecule has 0 aliphatic carbocycles. The number of H-pyrrole nitrogens is 1. The maximum absolute atomic E-state index is 12.2. The van der Waals surface area contributed by atoms with Crippen LogP contribution in [0.5, 0.6) is 0 Å². The number of carbonyl (C=O) groups is 1. The summed E-state index contributed by atoms with van der Waals surface area (Å²) in [5.41, 5.74) is 2.19. The number of aromatic nitrogens is 3. The number of hydrogen-bond acceptors (Lipinski definition) is 5. The van der Waals surface area contributed by atoms with E-state index in [0.29, 0.717) is 17.5 Å². The third kappa shape index (κ3) is 4.24. The molecule has 2 heterocycles. The highest BCUT2D eigenvalue weighted by molar-refractivity contribution is 7.99. The van der Waals surface area contributed by atoms with Gasteiger partial charge in [-0.25, -0.2) is 4.98 Å². The molecule has 1 aromatic carbocycles. The highest BCUT2D eigenvalue weighted by Crippen LogP contribution is 2.20. The molecule has 1 amide bonds. The Balaban J connectivity index is 1.55. The number of amides is 1. The molecular weight excluding hydrogens is 340 g/mol. The first-order valence-electron chi connectivity index (χ1n) is 7.50. The molecule has 0 aliphatic heterocycles. The zero-order valence-corrected chi connectivity index (χ0v) is 15.2. The van der Waals surface area contributed by atoms with Crippen molar-refractivity contribution < 1.29 is 4.79 Å². The summed E-state index contributed by atoms with van der Waals surface area (Å²) < 4.78 is 0. The van der Waals surface area contributed by atoms with E-state index in [-0.39, 0.29) is 5.91 Å². The third-order valence-corrected chi connectivity index (χ3v) is 5.21. The van der Waals surface area contributed by atoms with E-state index in [1.165, 1.54) is 22.2 Å². The van der Waals surface area contributed by atoms with E-state index in [0.717, 1.165) is 11.4 Å². The number of hydrogen-bond donors (Lipinski definition) is 1. The molecule has 0 atom stereocenters. The number of aromatic amines is 1. The number of nitrogens with one attached hydrogen (secondary N) is 1. The largest absolute Gasteiger partial charge is 0.340 e. The minimum Gasteiger partial charge on any atom is -0.340 e. The number of aryl methyl sites for hydroxylation is 1. The van der Waals surface area contributed by atoms with Crippen LogP contribution >= 0.6 is 23.1 Å². The normalized spacial score (nSPS) is 10.8. The van der Waals surface area contributed by atoms with Crippen molar-refractivity contribution in [3.63, 3.8) is 0 Å². The Morgan fingerprint density at radius 1 is 1.29 bits per heavy atom. The zero-order valence-electron chi connectivity index (χ0n) is 13.5. The lowest BCUT2D eigenvalue weighted by atomic mass is 10.1. The number of benzene rings is 1. The predicted octanol–water partition coefficient (Wildman–Crippen LogP) is 3.59. The summed E-state index contributed by atoms with van der Waals surface area (Å²) in [6, 6.07) is 12.1. The Labute approximate surface area is 149 Å². The van der Waals surface area contributed by atoms with Crippen molar-refractivity contribution in [3.8, 4) is 11.4 Å². The quantitative estimate of drug-likeness (QED) is 0.684. The van der Waals surface area contributed by atoms with Crippen molar-refractivity contribution in [2.45, 2.75) is 18.6 Å². The third-order valence-electron chi connectivity index (χ3n) is 3.51. The van der Waals surface area contributed by atoms with Crippen molar-refractivity contribution in [2.75, 3.05) is 12.8 Å². The van der Waals surface area contributed by atoms with Crippen molar-refractivity contribution >= 4 is 29.0 Å². The molecule has 0 aliphatic rings. The molecule has 0 fully saturated rings. The summed E-state index contributed by atoms with van der Waals surface area (Å²) in [6.07, 6.45) is 0. The van der Waals surface area contributed by atoms with Crippen LogP contribution in [0.15, 0.2) is 46.9 Å². The van der Waals surface area contributed by atoms with Crippen molar-refractivity contribution in [1.29, 1.82) is 0 Å². The van der Waals surface area contributed by atoms with E-state index in [9.17, 15) is 4.79 Å². The number of thiophene rings is 1. The minimum atomic E-state index is 0.0649. The second kappa shape index (κ2) is 7.63. The lowest BCUT2D eigenvalue weighted by molar-refractivity contribution is -0.127. The molecule has 24 heavy (non-hydrogen) atoms. The van der Waals surface area contributed by atoms with Gasteiger partial charge in [0.05, 0.1) is 12.3 Å². The topological polar surface area (TPSA) is 61.9 Å². The summed E-state index contributed by atoms with van der Waals surface area (Å²) in [7, 11) is 1.82. The second-order valence-electron chi connectivity index (χ2n) is 5.45. The van der Waals surface area contributed by atoms with Crippen LogP contribution in [0.4, 0.5) is 0 Å². The van der Waals surface area contributed by atoms with Crippen LogP contribution in [0, 0.1) is 6.92 Å². The first-order chi connectivity index (χ1) is 11.6. The summed E-state index contributed by atoms with van der Waals surface area (Å²) in [4.78, 5) is 19.6. The highest BCUT2D eigenvalue weighted by Gasteiger charge is 2.13. The fourth-order valence-electron chi connectivity index (χ4n) is 2.11. The number of nitrogens with zero attached hydrogens (tertiary/aromatic N) is 3. The Morgan fingerprint density at radius 3 is 2.79 bits per heavy atom. The highest BCUT2D eigenvalue weighted by atomic mass is 32.2. The summed E-state index contributed by atoms with van der Waals surface area (Å²) in [5, 5.41) is 9.71. The van der Waals surface area contributed by atoms with Gasteiger partial charge in [0.1, 0.15) is 0 Å². The van der Waals surface area contributed by atoms with Gasteiger partial charge in [-0.1, -0.05) is 47.7 Å². The fraction of sp³-hybridized carbons (Fsp3) is 0.235. The summed E-state index contributed by atoms with van der Waals surface area (Å²) >= 11 is 3.00. The molecule has 0 saturated heterocycles. The van der Waals surface area contributed by atoms with E-state index in [4.69, 9.17) is 0 Å². The molecule has 3 rings (SSSR count). The van der Waals surface area contributed by atoms with Crippen LogP contribution in [-0.4, -0.2) is 38.8 Å². The number of rotatable bonds is 6. The van der Waals surface area contributed by atoms with Gasteiger partial charge in [-0.3, -0.25) is 9.89 Å². The van der Waals surface area contributed by atoms with E-state index >= 15 is 0 Å². The van der Waals surface area contributed by atoms with Crippen molar-refractivity contribution in [3.05, 3.63) is 52.2 Å². The summed E-state index contributed by atoms with van der Waals surface area (Å²) in [6.45, 7) is 2.68. The maximum atomic E-state index is 12.2. The SMILES string of the molecule is Cc1ccc(-c2nc(SCC(=O)N(C)Cc3cccs3)n[nH]2)cc1. The van der Waals surface area contributed by atoms with Crippen LogP contribution in [0.3, 0.4) is 0 Å². The van der Waals surface area contributed by atoms with Gasteiger partial charge in [-0.05, 0) is 18.4 Å². The van der Waals surface area contributed by atoms with Crippen molar-refractivity contribution in [1.82, 2.24) is 20.1 Å². The van der Waals surface area contributed by atoms with Gasteiger partial charge >= 0.3 is 0 Å². The standard InChI is InChI=1S/C17H18N4OS2/c1-12-5-7-13(8-6-12)16-18-17(20-19-16)24-11-15(22)21(2)10-14-4-3-9-23-14/h3-9H,10-11H2,1-2H3,(H,18,19,20). The predicted molar refractivity (Wildman–Crippen MR) is 98.1 cm³/mol. The van der Waals surface area contributed by atoms with Gasteiger partial charge in [0.2, 0.25) is 11.1 Å². The number of thioether (sulfide) groups is 1. The lowest BCUT2D eigenvalue weighted by Crippen LogP contribution is -2.27. The molecule has 2 aromatic heterocycles. The molecule has 124 valence electrons. The molecule has 1 N–H and O–H groups in total. The molecule has 3 aromatic rings. The fourth-order valence-corrected chi connectivity index (χ4v) is 3.61. The zero-order chi connectivity index (χ0) is 16.9. The second-order valence-corrected chi connectivity index (χ2v) is 7.43. The van der Waals surface area contributed by atoms with Gasteiger partial charge in [-0.2, -0.15) is 0 Å². The number of carbonyl (C=O) groups excluding carboxylic acids is 1. The molecule has 0 unspecified atom stereocenters. The molecule has 7 heteroatoms. The molecule has 0 saturated carbocycles. The minimum absolute atomic E-state index is 0.0649. The van der Waals surface area contributed by atoms with Crippen LogP contribution in [0.2, 0.25) is 0 Å². The first kappa shape index (κ1) is 16.7. The lowest BCUT2D eigenvalue weighted by Gasteiger charge is -2.15. The van der Waals surface area contributed by atoms with E-state index < -0.39 is 0 Å². The smallest absolute Gasteiger partial charge is 0.233 e. The van der Waals surface area contributed by atoms with Gasteiger partial charge in [0.25, 0.3) is 0 Å². The van der Waals surface area contributed by atoms with Crippen molar-refractivity contribution in [2.24, 2.45) is 0 Å². The van der Waals surface area contributed by atoms with Gasteiger partial charge in [-0.15, -0.1) is 16.4 Å². The monoisotopic (exact) mass is 358 g/mol.